The fraction of sp³-hybridized carbons (Fsp3) is 0.214. The summed E-state index contributed by atoms with van der Waals surface area (Å²) in [5, 5.41) is 18.7. The van der Waals surface area contributed by atoms with Crippen LogP contribution in [-0.4, -0.2) is 48.1 Å². The molecule has 0 saturated carbocycles. The number of nitrogen functional groups attached to an aromatic ring is 1. The number of rotatable bonds is 6. The number of aryl methyl sites for hydroxylation is 1. The summed E-state index contributed by atoms with van der Waals surface area (Å²) in [7, 11) is 1.39. The second kappa shape index (κ2) is 7.33. The first-order valence-electron chi connectivity index (χ1n) is 7.52. The van der Waals surface area contributed by atoms with Gasteiger partial charge >= 0.3 is 5.69 Å². The third-order valence-electron chi connectivity index (χ3n) is 3.36. The highest BCUT2D eigenvalue weighted by atomic mass is 19.1. The molecule has 0 aliphatic carbocycles. The Balaban J connectivity index is 2.07. The molecule has 11 nitrogen and oxygen atoms in total. The molecule has 3 rings (SSSR count). The van der Waals surface area contributed by atoms with E-state index in [2.05, 4.69) is 25.7 Å². The van der Waals surface area contributed by atoms with Crippen molar-refractivity contribution in [3.63, 3.8) is 0 Å². The average molecular weight is 380 g/mol. The third-order valence-corrected chi connectivity index (χ3v) is 3.36. The largest absolute Gasteiger partial charge is 0.489 e. The topological polar surface area (TPSA) is 146 Å². The highest BCUT2D eigenvalue weighted by Gasteiger charge is 2.18. The Morgan fingerprint density at radius 3 is 2.70 bits per heavy atom. The molecule has 2 heterocycles. The Hall–Kier alpha value is -3.61. The van der Waals surface area contributed by atoms with Crippen LogP contribution in [0.5, 0.6) is 5.75 Å². The lowest BCUT2D eigenvalue weighted by Crippen LogP contribution is -2.23. The van der Waals surface area contributed by atoms with Gasteiger partial charge in [-0.25, -0.2) is 18.6 Å². The van der Waals surface area contributed by atoms with Gasteiger partial charge in [0.2, 0.25) is 5.95 Å². The molecular formula is C14H14F2N8O3. The summed E-state index contributed by atoms with van der Waals surface area (Å²) < 4.78 is 34.8. The van der Waals surface area contributed by atoms with Crippen molar-refractivity contribution in [1.29, 1.82) is 0 Å². The average Bonchev–Trinajstić information content (AvgIpc) is 2.97. The van der Waals surface area contributed by atoms with Gasteiger partial charge in [-0.15, -0.1) is 0 Å². The van der Waals surface area contributed by atoms with E-state index in [0.29, 0.717) is 0 Å². The molecule has 0 amide bonds. The first-order valence-corrected chi connectivity index (χ1v) is 7.52. The van der Waals surface area contributed by atoms with E-state index >= 15 is 0 Å². The first kappa shape index (κ1) is 18.2. The zero-order valence-electron chi connectivity index (χ0n) is 13.9. The minimum Gasteiger partial charge on any atom is -0.489 e. The van der Waals surface area contributed by atoms with E-state index in [1.54, 1.807) is 0 Å². The highest BCUT2D eigenvalue weighted by Crippen LogP contribution is 2.29. The minimum absolute atomic E-state index is 0.0470. The number of hydrogen-bond donors (Lipinski definition) is 3. The molecule has 2 aromatic heterocycles. The molecule has 0 bridgehead atoms. The maximum atomic E-state index is 14.4. The van der Waals surface area contributed by atoms with Gasteiger partial charge in [-0.05, 0) is 16.5 Å². The molecule has 0 saturated heterocycles. The normalized spacial score (nSPS) is 10.8. The smallest absolute Gasteiger partial charge is 0.368 e. The standard InChI is InChI=1S/C14H14F2N8O3/c1-23-14(26)24(22-21-23)10-5-9(7(15)4-11(10)27-3-2-25)19-13-18-6-8(16)12(17)20-13/h4-6,25H,2-3H2,1H3,(H3,17,18,19,20). The van der Waals surface area contributed by atoms with Crippen LogP contribution in [0.4, 0.5) is 26.2 Å². The van der Waals surface area contributed by atoms with Crippen LogP contribution in [0.15, 0.2) is 23.1 Å². The molecule has 142 valence electrons. The van der Waals surface area contributed by atoms with Crippen LogP contribution in [0.1, 0.15) is 0 Å². The van der Waals surface area contributed by atoms with Crippen molar-refractivity contribution in [2.75, 3.05) is 24.3 Å². The van der Waals surface area contributed by atoms with E-state index < -0.39 is 23.1 Å². The summed E-state index contributed by atoms with van der Waals surface area (Å²) in [6.45, 7) is -0.453. The molecule has 0 fully saturated rings. The number of hydrogen-bond acceptors (Lipinski definition) is 9. The van der Waals surface area contributed by atoms with Crippen LogP contribution >= 0.6 is 0 Å². The molecule has 0 spiro atoms. The van der Waals surface area contributed by atoms with Crippen LogP contribution in [0.3, 0.4) is 0 Å². The number of aliphatic hydroxyl groups excluding tert-OH is 1. The second-order valence-electron chi connectivity index (χ2n) is 5.22. The van der Waals surface area contributed by atoms with Crippen molar-refractivity contribution < 1.29 is 18.6 Å². The molecule has 0 radical (unpaired) electrons. The van der Waals surface area contributed by atoms with E-state index in [-0.39, 0.29) is 36.3 Å². The summed E-state index contributed by atoms with van der Waals surface area (Å²) >= 11 is 0. The van der Waals surface area contributed by atoms with Crippen molar-refractivity contribution in [2.45, 2.75) is 0 Å². The van der Waals surface area contributed by atoms with Crippen LogP contribution in [0, 0.1) is 11.6 Å². The molecule has 4 N–H and O–H groups in total. The van der Waals surface area contributed by atoms with Crippen LogP contribution in [0.25, 0.3) is 5.69 Å². The first-order chi connectivity index (χ1) is 12.9. The van der Waals surface area contributed by atoms with Crippen molar-refractivity contribution in [2.24, 2.45) is 7.05 Å². The van der Waals surface area contributed by atoms with Gasteiger partial charge in [0.05, 0.1) is 18.5 Å². The lowest BCUT2D eigenvalue weighted by Gasteiger charge is -2.13. The SMILES string of the molecule is Cn1nnn(-c2cc(Nc3ncc(F)c(N)n3)c(F)cc2OCCO)c1=O. The van der Waals surface area contributed by atoms with Crippen LogP contribution in [0.2, 0.25) is 0 Å². The molecule has 0 unspecified atom stereocenters. The molecule has 27 heavy (non-hydrogen) atoms. The lowest BCUT2D eigenvalue weighted by atomic mass is 10.2. The van der Waals surface area contributed by atoms with Crippen molar-refractivity contribution in [3.05, 3.63) is 40.4 Å². The Labute approximate surface area is 150 Å². The Morgan fingerprint density at radius 1 is 1.30 bits per heavy atom. The van der Waals surface area contributed by atoms with Crippen molar-refractivity contribution >= 4 is 17.5 Å². The second-order valence-corrected chi connectivity index (χ2v) is 5.22. The summed E-state index contributed by atoms with van der Waals surface area (Å²) in [6.07, 6.45) is 0.829. The number of aromatic nitrogens is 6. The summed E-state index contributed by atoms with van der Waals surface area (Å²) in [4.78, 5) is 19.4. The fourth-order valence-electron chi connectivity index (χ4n) is 2.10. The molecular weight excluding hydrogens is 366 g/mol. The van der Waals surface area contributed by atoms with Gasteiger partial charge in [-0.1, -0.05) is 0 Å². The Kier molecular flexibility index (Phi) is 4.94. The number of tetrazole rings is 1. The van der Waals surface area contributed by atoms with E-state index in [4.69, 9.17) is 15.6 Å². The van der Waals surface area contributed by atoms with Gasteiger partial charge in [0.15, 0.2) is 17.5 Å². The predicted octanol–water partition coefficient (Wildman–Crippen LogP) is -0.269. The lowest BCUT2D eigenvalue weighted by molar-refractivity contribution is 0.200. The number of nitrogens with one attached hydrogen (secondary N) is 1. The molecule has 0 aliphatic rings. The fourth-order valence-corrected chi connectivity index (χ4v) is 2.10. The van der Waals surface area contributed by atoms with Gasteiger partial charge in [-0.3, -0.25) is 0 Å². The number of halogens is 2. The number of aliphatic hydroxyl groups is 1. The number of nitrogens with two attached hydrogens (primary N) is 1. The van der Waals surface area contributed by atoms with E-state index in [1.807, 2.05) is 0 Å². The number of anilines is 3. The molecule has 1 aromatic carbocycles. The maximum Gasteiger partial charge on any atom is 0.368 e. The molecule has 13 heteroatoms. The highest BCUT2D eigenvalue weighted by molar-refractivity contribution is 5.63. The van der Waals surface area contributed by atoms with E-state index in [9.17, 15) is 13.6 Å². The monoisotopic (exact) mass is 380 g/mol. The molecule has 0 aliphatic heterocycles. The van der Waals surface area contributed by atoms with Gasteiger partial charge in [0.25, 0.3) is 0 Å². The van der Waals surface area contributed by atoms with Gasteiger partial charge in [-0.2, -0.15) is 14.3 Å². The van der Waals surface area contributed by atoms with Crippen LogP contribution in [-0.2, 0) is 7.05 Å². The zero-order chi connectivity index (χ0) is 19.6. The van der Waals surface area contributed by atoms with Crippen LogP contribution < -0.4 is 21.5 Å². The van der Waals surface area contributed by atoms with E-state index in [1.165, 1.54) is 13.1 Å². The predicted molar refractivity (Wildman–Crippen MR) is 88.8 cm³/mol. The van der Waals surface area contributed by atoms with Crippen molar-refractivity contribution in [3.8, 4) is 11.4 Å². The number of ether oxygens (including phenoxy) is 1. The minimum atomic E-state index is -0.819. The summed E-state index contributed by atoms with van der Waals surface area (Å²) in [6, 6.07) is 2.20. The number of benzene rings is 1. The van der Waals surface area contributed by atoms with Gasteiger partial charge in [0.1, 0.15) is 18.0 Å². The zero-order valence-corrected chi connectivity index (χ0v) is 13.9. The number of nitrogens with zero attached hydrogens (tertiary/aromatic N) is 6. The summed E-state index contributed by atoms with van der Waals surface area (Å²) in [5.41, 5.74) is 4.67. The molecule has 0 atom stereocenters. The van der Waals surface area contributed by atoms with Gasteiger partial charge in [0, 0.05) is 13.1 Å². The van der Waals surface area contributed by atoms with E-state index in [0.717, 1.165) is 21.6 Å². The van der Waals surface area contributed by atoms with Crippen molar-refractivity contribution in [1.82, 2.24) is 29.8 Å². The maximum absolute atomic E-state index is 14.4. The quantitative estimate of drug-likeness (QED) is 0.526. The van der Waals surface area contributed by atoms with Gasteiger partial charge < -0.3 is 20.9 Å². The molecule has 3 aromatic rings. The Morgan fingerprint density at radius 2 is 2.07 bits per heavy atom. The Bertz CT molecular complexity index is 1040. The third kappa shape index (κ3) is 3.67. The summed E-state index contributed by atoms with van der Waals surface area (Å²) in [5.74, 6) is -2.22.